The Kier molecular flexibility index (Phi) is 5.45. The zero-order valence-electron chi connectivity index (χ0n) is 15.4. The van der Waals surface area contributed by atoms with Crippen molar-refractivity contribution in [3.8, 4) is 11.5 Å². The highest BCUT2D eigenvalue weighted by atomic mass is 32.2. The molecule has 1 aromatic carbocycles. The SMILES string of the molecule is CC(=O)N1CCN(C(=O)CN(c2ccc3c(c2)OCCO3)S(C)(=O)=O)CC1. The second-order valence-corrected chi connectivity index (χ2v) is 8.39. The number of piperazine rings is 1. The Morgan fingerprint density at radius 1 is 1.04 bits per heavy atom. The van der Waals surface area contributed by atoms with Crippen molar-refractivity contribution in [2.45, 2.75) is 6.92 Å². The zero-order valence-corrected chi connectivity index (χ0v) is 16.2. The molecular weight excluding hydrogens is 374 g/mol. The van der Waals surface area contributed by atoms with Crippen molar-refractivity contribution in [3.05, 3.63) is 18.2 Å². The van der Waals surface area contributed by atoms with Crippen LogP contribution in [0.5, 0.6) is 11.5 Å². The number of sulfonamides is 1. The summed E-state index contributed by atoms with van der Waals surface area (Å²) < 4.78 is 36.6. The Labute approximate surface area is 158 Å². The summed E-state index contributed by atoms with van der Waals surface area (Å²) in [6.45, 7) is 3.67. The fourth-order valence-electron chi connectivity index (χ4n) is 3.08. The summed E-state index contributed by atoms with van der Waals surface area (Å²) in [6, 6.07) is 4.80. The van der Waals surface area contributed by atoms with Gasteiger partial charge in [0.2, 0.25) is 21.8 Å². The lowest BCUT2D eigenvalue weighted by Gasteiger charge is -2.35. The summed E-state index contributed by atoms with van der Waals surface area (Å²) in [7, 11) is -3.68. The van der Waals surface area contributed by atoms with Gasteiger partial charge in [0.15, 0.2) is 11.5 Å². The molecule has 0 saturated carbocycles. The van der Waals surface area contributed by atoms with E-state index in [0.29, 0.717) is 56.6 Å². The zero-order chi connectivity index (χ0) is 19.6. The Bertz CT molecular complexity index is 833. The maximum atomic E-state index is 12.7. The molecule has 2 aliphatic heterocycles. The molecule has 0 atom stereocenters. The lowest BCUT2D eigenvalue weighted by molar-refractivity contribution is -0.137. The number of hydrogen-bond acceptors (Lipinski definition) is 6. The predicted molar refractivity (Wildman–Crippen MR) is 98.5 cm³/mol. The molecule has 0 aromatic heterocycles. The molecule has 1 saturated heterocycles. The van der Waals surface area contributed by atoms with Crippen LogP contribution in [0.15, 0.2) is 18.2 Å². The number of carbonyl (C=O) groups excluding carboxylic acids is 2. The topological polar surface area (TPSA) is 96.5 Å². The lowest BCUT2D eigenvalue weighted by atomic mass is 10.2. The molecule has 0 bridgehead atoms. The van der Waals surface area contributed by atoms with Gasteiger partial charge in [-0.2, -0.15) is 0 Å². The van der Waals surface area contributed by atoms with Crippen molar-refractivity contribution in [2.75, 3.05) is 56.5 Å². The first-order valence-corrected chi connectivity index (χ1v) is 10.5. The molecular formula is C17H23N3O6S. The van der Waals surface area contributed by atoms with E-state index >= 15 is 0 Å². The molecule has 3 rings (SSSR count). The van der Waals surface area contributed by atoms with E-state index in [2.05, 4.69) is 0 Å². The molecule has 0 aliphatic carbocycles. The van der Waals surface area contributed by atoms with E-state index in [4.69, 9.17) is 9.47 Å². The highest BCUT2D eigenvalue weighted by Crippen LogP contribution is 2.34. The Morgan fingerprint density at radius 2 is 1.63 bits per heavy atom. The summed E-state index contributed by atoms with van der Waals surface area (Å²) >= 11 is 0. The molecule has 148 valence electrons. The summed E-state index contributed by atoms with van der Waals surface area (Å²) in [5.74, 6) is 0.662. The number of rotatable bonds is 4. The molecule has 0 radical (unpaired) electrons. The highest BCUT2D eigenvalue weighted by Gasteiger charge is 2.28. The summed E-state index contributed by atoms with van der Waals surface area (Å²) in [5.41, 5.74) is 0.345. The van der Waals surface area contributed by atoms with Crippen LogP contribution in [0, 0.1) is 0 Å². The normalized spacial score (nSPS) is 16.8. The van der Waals surface area contributed by atoms with E-state index in [-0.39, 0.29) is 18.4 Å². The maximum Gasteiger partial charge on any atom is 0.243 e. The minimum Gasteiger partial charge on any atom is -0.486 e. The lowest BCUT2D eigenvalue weighted by Crippen LogP contribution is -2.52. The molecule has 10 heteroatoms. The van der Waals surface area contributed by atoms with Gasteiger partial charge in [0.05, 0.1) is 11.9 Å². The van der Waals surface area contributed by atoms with Gasteiger partial charge in [-0.1, -0.05) is 0 Å². The van der Waals surface area contributed by atoms with Crippen molar-refractivity contribution >= 4 is 27.5 Å². The van der Waals surface area contributed by atoms with Gasteiger partial charge in [0.1, 0.15) is 19.8 Å². The third-order valence-corrected chi connectivity index (χ3v) is 5.71. The first kappa shape index (κ1) is 19.3. The third-order valence-electron chi connectivity index (χ3n) is 4.57. The molecule has 2 amide bonds. The van der Waals surface area contributed by atoms with E-state index in [1.165, 1.54) is 6.92 Å². The fourth-order valence-corrected chi connectivity index (χ4v) is 3.92. The van der Waals surface area contributed by atoms with Gasteiger partial charge in [-0.05, 0) is 12.1 Å². The second-order valence-electron chi connectivity index (χ2n) is 6.48. The average molecular weight is 397 g/mol. The van der Waals surface area contributed by atoms with Crippen LogP contribution in [-0.4, -0.2) is 82.2 Å². The Morgan fingerprint density at radius 3 is 2.22 bits per heavy atom. The van der Waals surface area contributed by atoms with Crippen LogP contribution in [0.1, 0.15) is 6.92 Å². The van der Waals surface area contributed by atoms with Crippen molar-refractivity contribution in [3.63, 3.8) is 0 Å². The summed E-state index contributed by atoms with van der Waals surface area (Å²) in [4.78, 5) is 27.3. The molecule has 9 nitrogen and oxygen atoms in total. The van der Waals surface area contributed by atoms with Crippen molar-refractivity contribution in [2.24, 2.45) is 0 Å². The van der Waals surface area contributed by atoms with E-state index in [1.807, 2.05) is 0 Å². The van der Waals surface area contributed by atoms with Crippen molar-refractivity contribution in [1.82, 2.24) is 9.80 Å². The fraction of sp³-hybridized carbons (Fsp3) is 0.529. The number of nitrogens with zero attached hydrogens (tertiary/aromatic N) is 3. The quantitative estimate of drug-likeness (QED) is 0.705. The first-order chi connectivity index (χ1) is 12.8. The smallest absolute Gasteiger partial charge is 0.243 e. The van der Waals surface area contributed by atoms with Crippen LogP contribution in [0.25, 0.3) is 0 Å². The van der Waals surface area contributed by atoms with Gasteiger partial charge in [0.25, 0.3) is 0 Å². The highest BCUT2D eigenvalue weighted by molar-refractivity contribution is 7.92. The number of amides is 2. The van der Waals surface area contributed by atoms with E-state index in [0.717, 1.165) is 10.6 Å². The van der Waals surface area contributed by atoms with Crippen molar-refractivity contribution < 1.29 is 27.5 Å². The van der Waals surface area contributed by atoms with Crippen LogP contribution in [0.3, 0.4) is 0 Å². The van der Waals surface area contributed by atoms with Gasteiger partial charge in [0, 0.05) is 39.2 Å². The molecule has 0 spiro atoms. The minimum atomic E-state index is -3.68. The number of anilines is 1. The van der Waals surface area contributed by atoms with Crippen molar-refractivity contribution in [1.29, 1.82) is 0 Å². The van der Waals surface area contributed by atoms with Gasteiger partial charge in [-0.25, -0.2) is 8.42 Å². The first-order valence-electron chi connectivity index (χ1n) is 8.66. The molecule has 1 fully saturated rings. The molecule has 0 N–H and O–H groups in total. The maximum absolute atomic E-state index is 12.7. The molecule has 2 aliphatic rings. The Hall–Kier alpha value is -2.49. The average Bonchev–Trinajstić information content (AvgIpc) is 2.64. The van der Waals surface area contributed by atoms with Gasteiger partial charge >= 0.3 is 0 Å². The number of hydrogen-bond donors (Lipinski definition) is 0. The van der Waals surface area contributed by atoms with Crippen LogP contribution in [0.4, 0.5) is 5.69 Å². The van der Waals surface area contributed by atoms with Gasteiger partial charge in [-0.15, -0.1) is 0 Å². The number of ether oxygens (including phenoxy) is 2. The van der Waals surface area contributed by atoms with E-state index in [9.17, 15) is 18.0 Å². The van der Waals surface area contributed by atoms with Crippen LogP contribution >= 0.6 is 0 Å². The minimum absolute atomic E-state index is 0.0314. The van der Waals surface area contributed by atoms with E-state index in [1.54, 1.807) is 28.0 Å². The summed E-state index contributed by atoms with van der Waals surface area (Å²) in [6.07, 6.45) is 1.06. The van der Waals surface area contributed by atoms with Crippen LogP contribution in [0.2, 0.25) is 0 Å². The molecule has 1 aromatic rings. The summed E-state index contributed by atoms with van der Waals surface area (Å²) in [5, 5.41) is 0. The van der Waals surface area contributed by atoms with Gasteiger partial charge < -0.3 is 19.3 Å². The van der Waals surface area contributed by atoms with Gasteiger partial charge in [-0.3, -0.25) is 13.9 Å². The van der Waals surface area contributed by atoms with Crippen LogP contribution in [-0.2, 0) is 19.6 Å². The standard InChI is InChI=1S/C17H23N3O6S/c1-13(21)18-5-7-19(8-6-18)17(22)12-20(27(2,23)24)14-3-4-15-16(11-14)26-10-9-25-15/h3-4,11H,5-10,12H2,1-2H3. The molecule has 0 unspecified atom stereocenters. The monoisotopic (exact) mass is 397 g/mol. The number of carbonyl (C=O) groups is 2. The largest absolute Gasteiger partial charge is 0.486 e. The number of fused-ring (bicyclic) bond motifs is 1. The Balaban J connectivity index is 1.75. The third kappa shape index (κ3) is 4.44. The van der Waals surface area contributed by atoms with E-state index < -0.39 is 10.0 Å². The molecule has 2 heterocycles. The second kappa shape index (κ2) is 7.63. The molecule has 27 heavy (non-hydrogen) atoms. The predicted octanol–water partition coefficient (Wildman–Crippen LogP) is -0.0855. The number of benzene rings is 1. The van der Waals surface area contributed by atoms with Crippen LogP contribution < -0.4 is 13.8 Å².